The van der Waals surface area contributed by atoms with Crippen LogP contribution in [0, 0.1) is 11.3 Å². The van der Waals surface area contributed by atoms with Crippen molar-refractivity contribution >= 4 is 5.91 Å². The van der Waals surface area contributed by atoms with E-state index in [4.69, 9.17) is 5.26 Å². The highest BCUT2D eigenvalue weighted by molar-refractivity contribution is 5.78. The monoisotopic (exact) mass is 264 g/mol. The molecule has 0 aromatic heterocycles. The van der Waals surface area contributed by atoms with E-state index < -0.39 is 30.8 Å². The first-order valence-electron chi connectivity index (χ1n) is 5.74. The second-order valence-electron chi connectivity index (χ2n) is 4.41. The predicted molar refractivity (Wildman–Crippen MR) is 56.4 cm³/mol. The van der Waals surface area contributed by atoms with Gasteiger partial charge >= 0.3 is 6.18 Å². The lowest BCUT2D eigenvalue weighted by atomic mass is 9.83. The second kappa shape index (κ2) is 6.05. The Kier molecular flexibility index (Phi) is 4.96. The third kappa shape index (κ3) is 4.92. The van der Waals surface area contributed by atoms with Crippen LogP contribution in [0.5, 0.6) is 0 Å². The molecular formula is C11H15F3N2O2. The standard InChI is InChI=1S/C11H15F3N2O2/c12-11(13,14)8-18-6-9(17)16-10(7-15)4-2-1-3-5-10/h1-6,8H2,(H,16,17). The van der Waals surface area contributed by atoms with Gasteiger partial charge in [-0.05, 0) is 12.8 Å². The highest BCUT2D eigenvalue weighted by Crippen LogP contribution is 2.27. The zero-order valence-electron chi connectivity index (χ0n) is 9.85. The fourth-order valence-corrected chi connectivity index (χ4v) is 1.98. The van der Waals surface area contributed by atoms with E-state index in [9.17, 15) is 18.0 Å². The van der Waals surface area contributed by atoms with E-state index in [1.165, 1.54) is 0 Å². The first-order chi connectivity index (χ1) is 8.37. The van der Waals surface area contributed by atoms with Gasteiger partial charge in [-0.3, -0.25) is 4.79 Å². The Morgan fingerprint density at radius 3 is 2.44 bits per heavy atom. The van der Waals surface area contributed by atoms with E-state index in [0.717, 1.165) is 19.3 Å². The number of alkyl halides is 3. The van der Waals surface area contributed by atoms with Crippen LogP contribution >= 0.6 is 0 Å². The molecule has 1 rings (SSSR count). The van der Waals surface area contributed by atoms with Gasteiger partial charge in [0.1, 0.15) is 18.8 Å². The molecule has 0 spiro atoms. The van der Waals surface area contributed by atoms with Crippen LogP contribution in [0.1, 0.15) is 32.1 Å². The summed E-state index contributed by atoms with van der Waals surface area (Å²) in [5.41, 5.74) is -0.934. The van der Waals surface area contributed by atoms with Gasteiger partial charge in [-0.25, -0.2) is 0 Å². The predicted octanol–water partition coefficient (Wildman–Crippen LogP) is 1.91. The average Bonchev–Trinajstić information content (AvgIpc) is 2.28. The van der Waals surface area contributed by atoms with Gasteiger partial charge in [0.25, 0.3) is 0 Å². The largest absolute Gasteiger partial charge is 0.411 e. The Morgan fingerprint density at radius 2 is 1.94 bits per heavy atom. The van der Waals surface area contributed by atoms with Crippen LogP contribution in [-0.4, -0.2) is 30.8 Å². The maximum Gasteiger partial charge on any atom is 0.411 e. The van der Waals surface area contributed by atoms with Crippen molar-refractivity contribution in [1.82, 2.24) is 5.32 Å². The summed E-state index contributed by atoms with van der Waals surface area (Å²) in [6.07, 6.45) is -0.709. The zero-order valence-corrected chi connectivity index (χ0v) is 9.85. The number of ether oxygens (including phenoxy) is 1. The molecule has 0 aromatic rings. The van der Waals surface area contributed by atoms with Gasteiger partial charge in [0.15, 0.2) is 0 Å². The molecule has 0 heterocycles. The van der Waals surface area contributed by atoms with Crippen LogP contribution in [0.25, 0.3) is 0 Å². The molecule has 1 fully saturated rings. The molecule has 7 heteroatoms. The molecule has 0 aromatic carbocycles. The van der Waals surface area contributed by atoms with Gasteiger partial charge in [-0.15, -0.1) is 0 Å². The number of hydrogen-bond donors (Lipinski definition) is 1. The van der Waals surface area contributed by atoms with Crippen molar-refractivity contribution in [1.29, 1.82) is 5.26 Å². The van der Waals surface area contributed by atoms with Gasteiger partial charge in [0, 0.05) is 0 Å². The number of nitriles is 1. The highest BCUT2D eigenvalue weighted by atomic mass is 19.4. The molecule has 1 amide bonds. The Labute approximate surface area is 103 Å². The molecule has 1 aliphatic carbocycles. The molecule has 0 bridgehead atoms. The van der Waals surface area contributed by atoms with E-state index in [1.807, 2.05) is 6.07 Å². The molecule has 0 radical (unpaired) electrons. The number of carbonyl (C=O) groups is 1. The first kappa shape index (κ1) is 14.8. The number of nitrogens with zero attached hydrogens (tertiary/aromatic N) is 1. The van der Waals surface area contributed by atoms with Crippen LogP contribution in [0.15, 0.2) is 0 Å². The Balaban J connectivity index is 2.36. The number of rotatable bonds is 4. The molecule has 0 atom stereocenters. The normalized spacial score (nSPS) is 19.0. The van der Waals surface area contributed by atoms with Crippen molar-refractivity contribution < 1.29 is 22.7 Å². The summed E-state index contributed by atoms with van der Waals surface area (Å²) in [4.78, 5) is 11.4. The number of nitrogens with one attached hydrogen (secondary N) is 1. The van der Waals surface area contributed by atoms with Crippen molar-refractivity contribution in [3.8, 4) is 6.07 Å². The van der Waals surface area contributed by atoms with Gasteiger partial charge in [-0.2, -0.15) is 18.4 Å². The molecule has 0 unspecified atom stereocenters. The van der Waals surface area contributed by atoms with Crippen molar-refractivity contribution in [3.05, 3.63) is 0 Å². The average molecular weight is 264 g/mol. The number of halogens is 3. The number of amides is 1. The summed E-state index contributed by atoms with van der Waals surface area (Å²) in [5.74, 6) is -0.678. The lowest BCUT2D eigenvalue weighted by molar-refractivity contribution is -0.175. The summed E-state index contributed by atoms with van der Waals surface area (Å²) < 4.78 is 39.6. The van der Waals surface area contributed by atoms with Crippen LogP contribution in [0.4, 0.5) is 13.2 Å². The van der Waals surface area contributed by atoms with Gasteiger partial charge in [0.05, 0.1) is 6.07 Å². The molecule has 102 valence electrons. The van der Waals surface area contributed by atoms with Gasteiger partial charge in [0.2, 0.25) is 5.91 Å². The quantitative estimate of drug-likeness (QED) is 0.843. The summed E-state index contributed by atoms with van der Waals surface area (Å²) in [7, 11) is 0. The molecular weight excluding hydrogens is 249 g/mol. The zero-order chi connectivity index (χ0) is 13.6. The lowest BCUT2D eigenvalue weighted by Crippen LogP contribution is -2.50. The SMILES string of the molecule is N#CC1(NC(=O)COCC(F)(F)F)CCCCC1. The van der Waals surface area contributed by atoms with Crippen LogP contribution in [0.2, 0.25) is 0 Å². The minimum Gasteiger partial charge on any atom is -0.362 e. The third-order valence-electron chi connectivity index (χ3n) is 2.80. The highest BCUT2D eigenvalue weighted by Gasteiger charge is 2.34. The van der Waals surface area contributed by atoms with Gasteiger partial charge < -0.3 is 10.1 Å². The van der Waals surface area contributed by atoms with E-state index in [-0.39, 0.29) is 0 Å². The molecule has 0 saturated heterocycles. The molecule has 0 aliphatic heterocycles. The number of hydrogen-bond acceptors (Lipinski definition) is 3. The van der Waals surface area contributed by atoms with Crippen molar-refractivity contribution in [3.63, 3.8) is 0 Å². The number of carbonyl (C=O) groups excluding carboxylic acids is 1. The Morgan fingerprint density at radius 1 is 1.33 bits per heavy atom. The fourth-order valence-electron chi connectivity index (χ4n) is 1.98. The molecule has 1 saturated carbocycles. The van der Waals surface area contributed by atoms with Crippen molar-refractivity contribution in [2.24, 2.45) is 0 Å². The third-order valence-corrected chi connectivity index (χ3v) is 2.80. The van der Waals surface area contributed by atoms with Crippen LogP contribution in [0.3, 0.4) is 0 Å². The van der Waals surface area contributed by atoms with Crippen molar-refractivity contribution in [2.45, 2.75) is 43.8 Å². The molecule has 4 nitrogen and oxygen atoms in total. The summed E-state index contributed by atoms with van der Waals surface area (Å²) in [6.45, 7) is -2.14. The topological polar surface area (TPSA) is 62.1 Å². The summed E-state index contributed by atoms with van der Waals surface area (Å²) >= 11 is 0. The van der Waals surface area contributed by atoms with E-state index in [2.05, 4.69) is 10.1 Å². The minimum atomic E-state index is -4.45. The van der Waals surface area contributed by atoms with Gasteiger partial charge in [-0.1, -0.05) is 19.3 Å². The lowest BCUT2D eigenvalue weighted by Gasteiger charge is -2.31. The Bertz CT molecular complexity index is 330. The minimum absolute atomic E-state index is 0.536. The van der Waals surface area contributed by atoms with Crippen molar-refractivity contribution in [2.75, 3.05) is 13.2 Å². The summed E-state index contributed by atoms with van der Waals surface area (Å²) in [5, 5.41) is 11.5. The molecule has 1 N–H and O–H groups in total. The Hall–Kier alpha value is -1.29. The molecule has 18 heavy (non-hydrogen) atoms. The maximum atomic E-state index is 11.8. The summed E-state index contributed by atoms with van der Waals surface area (Å²) in [6, 6.07) is 2.05. The van der Waals surface area contributed by atoms with Crippen LogP contribution in [-0.2, 0) is 9.53 Å². The van der Waals surface area contributed by atoms with E-state index in [1.54, 1.807) is 0 Å². The van der Waals surface area contributed by atoms with Crippen LogP contribution < -0.4 is 5.32 Å². The van der Waals surface area contributed by atoms with E-state index in [0.29, 0.717) is 12.8 Å². The smallest absolute Gasteiger partial charge is 0.362 e. The maximum absolute atomic E-state index is 11.8. The molecule has 1 aliphatic rings. The fraction of sp³-hybridized carbons (Fsp3) is 0.818. The second-order valence-corrected chi connectivity index (χ2v) is 4.41. The first-order valence-corrected chi connectivity index (χ1v) is 5.74. The van der Waals surface area contributed by atoms with E-state index >= 15 is 0 Å².